The van der Waals surface area contributed by atoms with Crippen molar-refractivity contribution in [1.82, 2.24) is 4.98 Å². The van der Waals surface area contributed by atoms with E-state index in [9.17, 15) is 4.79 Å². The molecule has 4 N–H and O–H groups in total. The number of nitrogens with two attached hydrogens (primary N) is 1. The van der Waals surface area contributed by atoms with Crippen molar-refractivity contribution in [2.24, 2.45) is 0 Å². The molecule has 0 fully saturated rings. The molecule has 0 atom stereocenters. The van der Waals surface area contributed by atoms with Gasteiger partial charge >= 0.3 is 0 Å². The highest BCUT2D eigenvalue weighted by Gasteiger charge is 2.16. The molecule has 108 valence electrons. The van der Waals surface area contributed by atoms with Gasteiger partial charge in [-0.15, -0.1) is 0 Å². The molecule has 2 rings (SSSR count). The summed E-state index contributed by atoms with van der Waals surface area (Å²) in [6.07, 6.45) is 0. The molecule has 0 radical (unpaired) electrons. The number of hydrogen-bond acceptors (Lipinski definition) is 6. The SMILES string of the molecule is CC(C)Nc1nc(N)c(C(=O)Nc2cccc(C#N)c2)s1. The summed E-state index contributed by atoms with van der Waals surface area (Å²) in [5, 5.41) is 15.3. The van der Waals surface area contributed by atoms with E-state index in [0.717, 1.165) is 0 Å². The quantitative estimate of drug-likeness (QED) is 0.805. The van der Waals surface area contributed by atoms with Crippen LogP contribution in [0.1, 0.15) is 29.1 Å². The van der Waals surface area contributed by atoms with Gasteiger partial charge in [0, 0.05) is 11.7 Å². The van der Waals surface area contributed by atoms with Gasteiger partial charge in [-0.3, -0.25) is 4.79 Å². The third-order valence-corrected chi connectivity index (χ3v) is 3.52. The standard InChI is InChI=1S/C14H15N5OS/c1-8(2)17-14-19-12(16)11(21-14)13(20)18-10-5-3-4-9(6-10)7-15/h3-6,8H,16H2,1-2H3,(H,17,19)(H,18,20). The monoisotopic (exact) mass is 301 g/mol. The van der Waals surface area contributed by atoms with Crippen molar-refractivity contribution in [3.05, 3.63) is 34.7 Å². The Labute approximate surface area is 126 Å². The van der Waals surface area contributed by atoms with Crippen LogP contribution in [0.25, 0.3) is 0 Å². The maximum Gasteiger partial charge on any atom is 0.269 e. The van der Waals surface area contributed by atoms with E-state index >= 15 is 0 Å². The van der Waals surface area contributed by atoms with E-state index in [0.29, 0.717) is 21.3 Å². The van der Waals surface area contributed by atoms with Crippen molar-refractivity contribution in [2.75, 3.05) is 16.4 Å². The summed E-state index contributed by atoms with van der Waals surface area (Å²) < 4.78 is 0. The summed E-state index contributed by atoms with van der Waals surface area (Å²) >= 11 is 1.20. The van der Waals surface area contributed by atoms with Crippen molar-refractivity contribution in [3.8, 4) is 6.07 Å². The number of amides is 1. The fraction of sp³-hybridized carbons (Fsp3) is 0.214. The Balaban J connectivity index is 2.16. The van der Waals surface area contributed by atoms with Gasteiger partial charge in [0.05, 0.1) is 11.6 Å². The summed E-state index contributed by atoms with van der Waals surface area (Å²) in [6, 6.07) is 8.91. The summed E-state index contributed by atoms with van der Waals surface area (Å²) in [5.41, 5.74) is 6.80. The average molecular weight is 301 g/mol. The molecule has 0 saturated heterocycles. The molecule has 0 unspecified atom stereocenters. The van der Waals surface area contributed by atoms with Crippen molar-refractivity contribution >= 4 is 33.9 Å². The first-order valence-electron chi connectivity index (χ1n) is 6.34. The van der Waals surface area contributed by atoms with Crippen LogP contribution in [-0.4, -0.2) is 16.9 Å². The fourth-order valence-electron chi connectivity index (χ4n) is 1.66. The first-order valence-corrected chi connectivity index (χ1v) is 7.15. The third-order valence-electron chi connectivity index (χ3n) is 2.52. The Morgan fingerprint density at radius 3 is 2.90 bits per heavy atom. The Kier molecular flexibility index (Phi) is 4.40. The second-order valence-corrected chi connectivity index (χ2v) is 5.68. The Morgan fingerprint density at radius 2 is 2.24 bits per heavy atom. The molecule has 0 spiro atoms. The van der Waals surface area contributed by atoms with E-state index in [4.69, 9.17) is 11.0 Å². The maximum atomic E-state index is 12.2. The van der Waals surface area contributed by atoms with Gasteiger partial charge in [0.25, 0.3) is 5.91 Å². The number of benzene rings is 1. The van der Waals surface area contributed by atoms with E-state index in [1.54, 1.807) is 24.3 Å². The van der Waals surface area contributed by atoms with Crippen molar-refractivity contribution in [3.63, 3.8) is 0 Å². The molecule has 1 heterocycles. The molecule has 7 heteroatoms. The lowest BCUT2D eigenvalue weighted by Crippen LogP contribution is -2.12. The van der Waals surface area contributed by atoms with Gasteiger partial charge in [-0.05, 0) is 32.0 Å². The number of nitrogens with one attached hydrogen (secondary N) is 2. The van der Waals surface area contributed by atoms with Gasteiger partial charge in [0.2, 0.25) is 0 Å². The minimum Gasteiger partial charge on any atom is -0.382 e. The molecular weight excluding hydrogens is 286 g/mol. The zero-order chi connectivity index (χ0) is 15.4. The number of nitrogens with zero attached hydrogens (tertiary/aromatic N) is 2. The fourth-order valence-corrected chi connectivity index (χ4v) is 2.58. The minimum atomic E-state index is -0.336. The lowest BCUT2D eigenvalue weighted by atomic mass is 10.2. The number of carbonyl (C=O) groups is 1. The van der Waals surface area contributed by atoms with Crippen LogP contribution in [-0.2, 0) is 0 Å². The maximum absolute atomic E-state index is 12.2. The minimum absolute atomic E-state index is 0.192. The molecule has 1 aromatic carbocycles. The number of hydrogen-bond donors (Lipinski definition) is 3. The third kappa shape index (κ3) is 3.70. The Morgan fingerprint density at radius 1 is 1.48 bits per heavy atom. The topological polar surface area (TPSA) is 104 Å². The van der Waals surface area contributed by atoms with Crippen molar-refractivity contribution < 1.29 is 4.79 Å². The van der Waals surface area contributed by atoms with Crippen LogP contribution in [0.2, 0.25) is 0 Å². The lowest BCUT2D eigenvalue weighted by Gasteiger charge is -2.04. The second-order valence-electron chi connectivity index (χ2n) is 4.68. The summed E-state index contributed by atoms with van der Waals surface area (Å²) in [7, 11) is 0. The molecule has 0 bridgehead atoms. The van der Waals surface area contributed by atoms with Crippen LogP contribution >= 0.6 is 11.3 Å². The van der Waals surface area contributed by atoms with Crippen molar-refractivity contribution in [1.29, 1.82) is 5.26 Å². The average Bonchev–Trinajstić information content (AvgIpc) is 2.79. The van der Waals surface area contributed by atoms with Crippen LogP contribution in [0.15, 0.2) is 24.3 Å². The molecule has 21 heavy (non-hydrogen) atoms. The van der Waals surface area contributed by atoms with Crippen LogP contribution in [0, 0.1) is 11.3 Å². The first kappa shape index (κ1) is 14.8. The van der Waals surface area contributed by atoms with E-state index in [2.05, 4.69) is 15.6 Å². The Bertz CT molecular complexity index is 702. The van der Waals surface area contributed by atoms with Crippen LogP contribution < -0.4 is 16.4 Å². The van der Waals surface area contributed by atoms with Gasteiger partial charge in [0.1, 0.15) is 10.7 Å². The molecular formula is C14H15N5OS. The number of aromatic nitrogens is 1. The van der Waals surface area contributed by atoms with E-state index in [1.807, 2.05) is 19.9 Å². The smallest absolute Gasteiger partial charge is 0.269 e. The zero-order valence-electron chi connectivity index (χ0n) is 11.7. The number of nitrogen functional groups attached to an aromatic ring is 1. The summed E-state index contributed by atoms with van der Waals surface area (Å²) in [4.78, 5) is 16.7. The first-order chi connectivity index (χ1) is 9.99. The summed E-state index contributed by atoms with van der Waals surface area (Å²) in [6.45, 7) is 3.95. The molecule has 1 aromatic heterocycles. The second kappa shape index (κ2) is 6.24. The highest BCUT2D eigenvalue weighted by atomic mass is 32.1. The molecule has 0 saturated carbocycles. The molecule has 0 aliphatic carbocycles. The van der Waals surface area contributed by atoms with Gasteiger partial charge in [0.15, 0.2) is 5.13 Å². The largest absolute Gasteiger partial charge is 0.382 e. The summed E-state index contributed by atoms with van der Waals surface area (Å²) in [5.74, 6) is -0.144. The number of nitriles is 1. The van der Waals surface area contributed by atoms with Crippen LogP contribution in [0.5, 0.6) is 0 Å². The van der Waals surface area contributed by atoms with Crippen molar-refractivity contribution in [2.45, 2.75) is 19.9 Å². The van der Waals surface area contributed by atoms with E-state index in [-0.39, 0.29) is 17.8 Å². The predicted octanol–water partition coefficient (Wildman–Crippen LogP) is 2.67. The van der Waals surface area contributed by atoms with Crippen LogP contribution in [0.3, 0.4) is 0 Å². The molecule has 2 aromatic rings. The molecule has 0 aliphatic heterocycles. The van der Waals surface area contributed by atoms with Gasteiger partial charge in [-0.2, -0.15) is 5.26 Å². The predicted molar refractivity (Wildman–Crippen MR) is 84.4 cm³/mol. The van der Waals surface area contributed by atoms with Gasteiger partial charge in [-0.25, -0.2) is 4.98 Å². The number of anilines is 3. The molecule has 0 aliphatic rings. The number of rotatable bonds is 4. The number of thiazole rings is 1. The van der Waals surface area contributed by atoms with E-state index < -0.39 is 0 Å². The van der Waals surface area contributed by atoms with Gasteiger partial charge in [-0.1, -0.05) is 17.4 Å². The Hall–Kier alpha value is -2.59. The van der Waals surface area contributed by atoms with Crippen LogP contribution in [0.4, 0.5) is 16.6 Å². The highest BCUT2D eigenvalue weighted by molar-refractivity contribution is 7.18. The lowest BCUT2D eigenvalue weighted by molar-refractivity contribution is 0.103. The number of carbonyl (C=O) groups excluding carboxylic acids is 1. The normalized spacial score (nSPS) is 10.2. The zero-order valence-corrected chi connectivity index (χ0v) is 12.5. The van der Waals surface area contributed by atoms with Gasteiger partial charge < -0.3 is 16.4 Å². The molecule has 6 nitrogen and oxygen atoms in total. The molecule has 1 amide bonds. The van der Waals surface area contributed by atoms with E-state index in [1.165, 1.54) is 11.3 Å². The highest BCUT2D eigenvalue weighted by Crippen LogP contribution is 2.26.